The molecule has 0 fully saturated rings. The highest BCUT2D eigenvalue weighted by Gasteiger charge is 2.28. The Morgan fingerprint density at radius 2 is 1.86 bits per heavy atom. The van der Waals surface area contributed by atoms with Gasteiger partial charge in [0.2, 0.25) is 0 Å². The molecule has 1 atom stereocenters. The van der Waals surface area contributed by atoms with Crippen molar-refractivity contribution in [3.8, 4) is 5.75 Å². The highest BCUT2D eigenvalue weighted by molar-refractivity contribution is 5.78. The lowest BCUT2D eigenvalue weighted by Gasteiger charge is -2.20. The van der Waals surface area contributed by atoms with E-state index in [0.29, 0.717) is 0 Å². The molecule has 0 amide bonds. The SMILES string of the molecule is COc1ccc(C[C@](C)(N)C(=O)O)cc1Cc1ccccc1. The Kier molecular flexibility index (Phi) is 4.83. The second-order valence-corrected chi connectivity index (χ2v) is 5.71. The first-order chi connectivity index (χ1) is 10.4. The van der Waals surface area contributed by atoms with Gasteiger partial charge in [0.15, 0.2) is 0 Å². The molecule has 0 heterocycles. The molecule has 0 radical (unpaired) electrons. The number of ether oxygens (including phenoxy) is 1. The predicted octanol–water partition coefficient (Wildman–Crippen LogP) is 2.63. The van der Waals surface area contributed by atoms with Crippen molar-refractivity contribution in [3.63, 3.8) is 0 Å². The average molecular weight is 299 g/mol. The molecule has 2 rings (SSSR count). The summed E-state index contributed by atoms with van der Waals surface area (Å²) < 4.78 is 5.40. The van der Waals surface area contributed by atoms with Gasteiger partial charge in [-0.1, -0.05) is 42.5 Å². The van der Waals surface area contributed by atoms with E-state index in [1.807, 2.05) is 36.4 Å². The Morgan fingerprint density at radius 3 is 2.45 bits per heavy atom. The Labute approximate surface area is 130 Å². The van der Waals surface area contributed by atoms with Crippen molar-refractivity contribution in [2.24, 2.45) is 5.73 Å². The number of carbonyl (C=O) groups is 1. The average Bonchev–Trinajstić information content (AvgIpc) is 2.48. The molecule has 0 bridgehead atoms. The van der Waals surface area contributed by atoms with E-state index in [9.17, 15) is 4.79 Å². The molecule has 0 aromatic heterocycles. The minimum atomic E-state index is -1.28. The second-order valence-electron chi connectivity index (χ2n) is 5.71. The fourth-order valence-corrected chi connectivity index (χ4v) is 2.40. The van der Waals surface area contributed by atoms with E-state index in [-0.39, 0.29) is 6.42 Å². The highest BCUT2D eigenvalue weighted by atomic mass is 16.5. The van der Waals surface area contributed by atoms with Crippen molar-refractivity contribution in [2.45, 2.75) is 25.3 Å². The van der Waals surface area contributed by atoms with Crippen LogP contribution in [0.4, 0.5) is 0 Å². The van der Waals surface area contributed by atoms with Gasteiger partial charge in [-0.2, -0.15) is 0 Å². The fraction of sp³-hybridized carbons (Fsp3) is 0.278. The molecule has 0 saturated heterocycles. The second kappa shape index (κ2) is 6.62. The van der Waals surface area contributed by atoms with Crippen LogP contribution in [0, 0.1) is 0 Å². The molecule has 0 aliphatic carbocycles. The van der Waals surface area contributed by atoms with Gasteiger partial charge in [0, 0.05) is 12.8 Å². The summed E-state index contributed by atoms with van der Waals surface area (Å²) in [6, 6.07) is 15.8. The molecule has 0 aliphatic rings. The number of nitrogens with two attached hydrogens (primary N) is 1. The molecule has 22 heavy (non-hydrogen) atoms. The minimum Gasteiger partial charge on any atom is -0.496 e. The third kappa shape index (κ3) is 3.86. The van der Waals surface area contributed by atoms with Gasteiger partial charge in [0.1, 0.15) is 11.3 Å². The number of carboxylic acid groups (broad SMARTS) is 1. The molecule has 2 aromatic carbocycles. The van der Waals surface area contributed by atoms with Crippen molar-refractivity contribution in [1.82, 2.24) is 0 Å². The molecule has 2 aromatic rings. The number of benzene rings is 2. The number of hydrogen-bond donors (Lipinski definition) is 2. The van der Waals surface area contributed by atoms with E-state index in [4.69, 9.17) is 15.6 Å². The molecule has 4 heteroatoms. The zero-order chi connectivity index (χ0) is 16.2. The summed E-state index contributed by atoms with van der Waals surface area (Å²) in [5.41, 5.74) is 7.64. The van der Waals surface area contributed by atoms with Crippen LogP contribution in [0.1, 0.15) is 23.6 Å². The van der Waals surface area contributed by atoms with Crippen LogP contribution in [0.3, 0.4) is 0 Å². The van der Waals surface area contributed by atoms with E-state index in [1.54, 1.807) is 7.11 Å². The number of hydrogen-bond acceptors (Lipinski definition) is 3. The van der Waals surface area contributed by atoms with Gasteiger partial charge in [0.25, 0.3) is 0 Å². The summed E-state index contributed by atoms with van der Waals surface area (Å²) in [6.45, 7) is 1.52. The maximum Gasteiger partial charge on any atom is 0.323 e. The van der Waals surface area contributed by atoms with Crippen LogP contribution in [0.15, 0.2) is 48.5 Å². The molecule has 0 unspecified atom stereocenters. The summed E-state index contributed by atoms with van der Waals surface area (Å²) >= 11 is 0. The quantitative estimate of drug-likeness (QED) is 0.860. The molecular weight excluding hydrogens is 278 g/mol. The van der Waals surface area contributed by atoms with E-state index in [1.165, 1.54) is 12.5 Å². The molecule has 116 valence electrons. The Hall–Kier alpha value is -2.33. The minimum absolute atomic E-state index is 0.272. The van der Waals surface area contributed by atoms with Crippen LogP contribution in [0.25, 0.3) is 0 Å². The predicted molar refractivity (Wildman–Crippen MR) is 86.2 cm³/mol. The van der Waals surface area contributed by atoms with Crippen molar-refractivity contribution in [2.75, 3.05) is 7.11 Å². The van der Waals surface area contributed by atoms with E-state index in [0.717, 1.165) is 23.3 Å². The molecule has 3 N–H and O–H groups in total. The summed E-state index contributed by atoms with van der Waals surface area (Å²) in [4.78, 5) is 11.2. The summed E-state index contributed by atoms with van der Waals surface area (Å²) in [5, 5.41) is 9.16. The van der Waals surface area contributed by atoms with E-state index >= 15 is 0 Å². The normalized spacial score (nSPS) is 13.4. The van der Waals surface area contributed by atoms with Gasteiger partial charge in [-0.15, -0.1) is 0 Å². The number of methoxy groups -OCH3 is 1. The third-order valence-electron chi connectivity index (χ3n) is 3.64. The van der Waals surface area contributed by atoms with E-state index < -0.39 is 11.5 Å². The van der Waals surface area contributed by atoms with Gasteiger partial charge in [0.05, 0.1) is 7.11 Å². The van der Waals surface area contributed by atoms with Crippen molar-refractivity contribution in [1.29, 1.82) is 0 Å². The lowest BCUT2D eigenvalue weighted by molar-refractivity contribution is -0.142. The summed E-state index contributed by atoms with van der Waals surface area (Å²) in [6.07, 6.45) is 1.00. The van der Waals surface area contributed by atoms with Gasteiger partial charge in [-0.05, 0) is 29.7 Å². The fourth-order valence-electron chi connectivity index (χ4n) is 2.40. The first-order valence-corrected chi connectivity index (χ1v) is 7.14. The van der Waals surface area contributed by atoms with Crippen LogP contribution in [-0.2, 0) is 17.6 Å². The van der Waals surface area contributed by atoms with Crippen LogP contribution in [0.2, 0.25) is 0 Å². The molecule has 0 saturated carbocycles. The monoisotopic (exact) mass is 299 g/mol. The lowest BCUT2D eigenvalue weighted by atomic mass is 9.92. The van der Waals surface area contributed by atoms with Crippen molar-refractivity contribution in [3.05, 3.63) is 65.2 Å². The Bertz CT molecular complexity index is 651. The summed E-state index contributed by atoms with van der Waals surface area (Å²) in [7, 11) is 1.63. The van der Waals surface area contributed by atoms with Crippen molar-refractivity contribution >= 4 is 5.97 Å². The first kappa shape index (κ1) is 16.0. The van der Waals surface area contributed by atoms with Crippen LogP contribution < -0.4 is 10.5 Å². The standard InChI is InChI=1S/C18H21NO3/c1-18(19,17(20)21)12-14-8-9-16(22-2)15(11-14)10-13-6-4-3-5-7-13/h3-9,11H,10,12,19H2,1-2H3,(H,20,21)/t18-/m0/s1. The number of rotatable bonds is 6. The smallest absolute Gasteiger partial charge is 0.323 e. The van der Waals surface area contributed by atoms with Crippen LogP contribution >= 0.6 is 0 Å². The van der Waals surface area contributed by atoms with Gasteiger partial charge >= 0.3 is 5.97 Å². The van der Waals surface area contributed by atoms with E-state index in [2.05, 4.69) is 12.1 Å². The lowest BCUT2D eigenvalue weighted by Crippen LogP contribution is -2.46. The molecule has 0 spiro atoms. The Morgan fingerprint density at radius 1 is 1.18 bits per heavy atom. The zero-order valence-corrected chi connectivity index (χ0v) is 12.9. The van der Waals surface area contributed by atoms with Crippen LogP contribution in [0.5, 0.6) is 5.75 Å². The maximum atomic E-state index is 11.2. The highest BCUT2D eigenvalue weighted by Crippen LogP contribution is 2.24. The third-order valence-corrected chi connectivity index (χ3v) is 3.64. The van der Waals surface area contributed by atoms with Crippen molar-refractivity contribution < 1.29 is 14.6 Å². The summed E-state index contributed by atoms with van der Waals surface area (Å²) in [5.74, 6) is -0.213. The number of aliphatic carboxylic acids is 1. The molecular formula is C18H21NO3. The largest absolute Gasteiger partial charge is 0.496 e. The van der Waals surface area contributed by atoms with Gasteiger partial charge in [-0.3, -0.25) is 4.79 Å². The topological polar surface area (TPSA) is 72.5 Å². The van der Waals surface area contributed by atoms with Gasteiger partial charge < -0.3 is 15.6 Å². The maximum absolute atomic E-state index is 11.2. The first-order valence-electron chi connectivity index (χ1n) is 7.14. The zero-order valence-electron chi connectivity index (χ0n) is 12.9. The van der Waals surface area contributed by atoms with Crippen LogP contribution in [-0.4, -0.2) is 23.7 Å². The van der Waals surface area contributed by atoms with Gasteiger partial charge in [-0.25, -0.2) is 0 Å². The number of carboxylic acids is 1. The molecule has 0 aliphatic heterocycles. The Balaban J connectivity index is 2.28. The molecule has 4 nitrogen and oxygen atoms in total.